The smallest absolute Gasteiger partial charge is 0.123 e. The molecule has 0 aliphatic carbocycles. The predicted molar refractivity (Wildman–Crippen MR) is 82.9 cm³/mol. The SMILES string of the molecule is CCNCc1ccc(C(C)(C)C)c(O)c1C(C)(C)C. The first kappa shape index (κ1) is 16.0. The summed E-state index contributed by atoms with van der Waals surface area (Å²) in [5, 5.41) is 14.1. The maximum atomic E-state index is 10.7. The highest BCUT2D eigenvalue weighted by Crippen LogP contribution is 2.40. The van der Waals surface area contributed by atoms with E-state index in [0.717, 1.165) is 24.2 Å². The molecule has 0 aliphatic rings. The lowest BCUT2D eigenvalue weighted by Crippen LogP contribution is -2.22. The van der Waals surface area contributed by atoms with E-state index in [9.17, 15) is 5.11 Å². The third-order valence-corrected chi connectivity index (χ3v) is 3.39. The number of phenolic OH excluding ortho intramolecular Hbond substituents is 1. The van der Waals surface area contributed by atoms with Gasteiger partial charge < -0.3 is 10.4 Å². The third kappa shape index (κ3) is 3.73. The Bertz CT molecular complexity index is 436. The van der Waals surface area contributed by atoms with Gasteiger partial charge in [-0.05, 0) is 28.5 Å². The normalized spacial score (nSPS) is 12.8. The lowest BCUT2D eigenvalue weighted by atomic mass is 9.77. The van der Waals surface area contributed by atoms with E-state index < -0.39 is 0 Å². The van der Waals surface area contributed by atoms with Crippen LogP contribution in [0, 0.1) is 0 Å². The summed E-state index contributed by atoms with van der Waals surface area (Å²) in [5.74, 6) is 0.468. The van der Waals surface area contributed by atoms with Crippen molar-refractivity contribution < 1.29 is 5.11 Å². The van der Waals surface area contributed by atoms with Crippen molar-refractivity contribution >= 4 is 0 Å². The van der Waals surface area contributed by atoms with Crippen molar-refractivity contribution in [1.29, 1.82) is 0 Å². The summed E-state index contributed by atoms with van der Waals surface area (Å²) in [5.41, 5.74) is 3.19. The van der Waals surface area contributed by atoms with Crippen molar-refractivity contribution in [3.63, 3.8) is 0 Å². The van der Waals surface area contributed by atoms with Gasteiger partial charge in [-0.3, -0.25) is 0 Å². The predicted octanol–water partition coefficient (Wildman–Crippen LogP) is 4.10. The summed E-state index contributed by atoms with van der Waals surface area (Å²) in [4.78, 5) is 0. The van der Waals surface area contributed by atoms with Crippen LogP contribution >= 0.6 is 0 Å². The molecule has 0 aliphatic heterocycles. The van der Waals surface area contributed by atoms with E-state index in [4.69, 9.17) is 0 Å². The molecule has 0 saturated carbocycles. The molecule has 2 nitrogen and oxygen atoms in total. The van der Waals surface area contributed by atoms with Crippen LogP contribution in [-0.2, 0) is 17.4 Å². The number of aromatic hydroxyl groups is 1. The maximum Gasteiger partial charge on any atom is 0.123 e. The molecule has 2 heteroatoms. The maximum absolute atomic E-state index is 10.7. The largest absolute Gasteiger partial charge is 0.507 e. The fourth-order valence-corrected chi connectivity index (χ4v) is 2.48. The number of rotatable bonds is 3. The van der Waals surface area contributed by atoms with Gasteiger partial charge in [-0.15, -0.1) is 0 Å². The van der Waals surface area contributed by atoms with Crippen LogP contribution in [0.1, 0.15) is 65.2 Å². The van der Waals surface area contributed by atoms with Crippen LogP contribution in [0.2, 0.25) is 0 Å². The molecular weight excluding hydrogens is 234 g/mol. The van der Waals surface area contributed by atoms with Gasteiger partial charge in [-0.1, -0.05) is 60.6 Å². The van der Waals surface area contributed by atoms with Gasteiger partial charge in [0, 0.05) is 12.1 Å². The molecule has 0 aromatic heterocycles. The fourth-order valence-electron chi connectivity index (χ4n) is 2.48. The molecule has 0 saturated heterocycles. The zero-order chi connectivity index (χ0) is 14.8. The third-order valence-electron chi connectivity index (χ3n) is 3.39. The van der Waals surface area contributed by atoms with Gasteiger partial charge in [0.05, 0.1) is 0 Å². The highest BCUT2D eigenvalue weighted by molar-refractivity contribution is 5.51. The van der Waals surface area contributed by atoms with E-state index in [0.29, 0.717) is 5.75 Å². The Balaban J connectivity index is 3.41. The Kier molecular flexibility index (Phi) is 4.67. The molecule has 19 heavy (non-hydrogen) atoms. The first-order valence-corrected chi connectivity index (χ1v) is 7.15. The van der Waals surface area contributed by atoms with Crippen LogP contribution in [0.4, 0.5) is 0 Å². The number of phenols is 1. The van der Waals surface area contributed by atoms with Gasteiger partial charge in [0.1, 0.15) is 5.75 Å². The highest BCUT2D eigenvalue weighted by atomic mass is 16.3. The molecule has 0 atom stereocenters. The van der Waals surface area contributed by atoms with Gasteiger partial charge in [0.2, 0.25) is 0 Å². The summed E-state index contributed by atoms with van der Waals surface area (Å²) >= 11 is 0. The Hall–Kier alpha value is -1.02. The summed E-state index contributed by atoms with van der Waals surface area (Å²) in [6.07, 6.45) is 0. The molecule has 108 valence electrons. The van der Waals surface area contributed by atoms with Crippen LogP contribution < -0.4 is 5.32 Å². The number of hydrogen-bond donors (Lipinski definition) is 2. The van der Waals surface area contributed by atoms with Gasteiger partial charge >= 0.3 is 0 Å². The first-order valence-electron chi connectivity index (χ1n) is 7.15. The lowest BCUT2D eigenvalue weighted by molar-refractivity contribution is 0.420. The molecule has 2 N–H and O–H groups in total. The molecular formula is C17H29NO. The van der Waals surface area contributed by atoms with Crippen LogP contribution in [0.3, 0.4) is 0 Å². The van der Waals surface area contributed by atoms with Crippen molar-refractivity contribution in [2.45, 2.75) is 65.8 Å². The molecule has 1 aromatic rings. The molecule has 1 rings (SSSR count). The van der Waals surface area contributed by atoms with Crippen molar-refractivity contribution in [1.82, 2.24) is 5.32 Å². The number of nitrogens with one attached hydrogen (secondary N) is 1. The minimum atomic E-state index is -0.0594. The molecule has 0 amide bonds. The summed E-state index contributed by atoms with van der Waals surface area (Å²) in [6, 6.07) is 4.22. The van der Waals surface area contributed by atoms with Crippen LogP contribution in [-0.4, -0.2) is 11.7 Å². The molecule has 0 heterocycles. The molecule has 0 bridgehead atoms. The van der Waals surface area contributed by atoms with Crippen molar-refractivity contribution in [3.05, 3.63) is 28.8 Å². The number of benzene rings is 1. The second kappa shape index (κ2) is 5.54. The van der Waals surface area contributed by atoms with Crippen LogP contribution in [0.25, 0.3) is 0 Å². The van der Waals surface area contributed by atoms with E-state index in [2.05, 4.69) is 65.9 Å². The Morgan fingerprint density at radius 1 is 1.00 bits per heavy atom. The summed E-state index contributed by atoms with van der Waals surface area (Å²) < 4.78 is 0. The van der Waals surface area contributed by atoms with E-state index in [-0.39, 0.29) is 10.8 Å². The highest BCUT2D eigenvalue weighted by Gasteiger charge is 2.27. The summed E-state index contributed by atoms with van der Waals surface area (Å²) in [6.45, 7) is 16.7. The van der Waals surface area contributed by atoms with Crippen molar-refractivity contribution in [3.8, 4) is 5.75 Å². The fraction of sp³-hybridized carbons (Fsp3) is 0.647. The minimum Gasteiger partial charge on any atom is -0.507 e. The zero-order valence-corrected chi connectivity index (χ0v) is 13.5. The van der Waals surface area contributed by atoms with Crippen LogP contribution in [0.15, 0.2) is 12.1 Å². The Morgan fingerprint density at radius 3 is 2.00 bits per heavy atom. The van der Waals surface area contributed by atoms with Crippen molar-refractivity contribution in [2.24, 2.45) is 0 Å². The molecule has 0 fully saturated rings. The molecule has 0 radical (unpaired) electrons. The standard InChI is InChI=1S/C17H29NO/c1-8-18-11-12-9-10-13(16(2,3)4)15(19)14(12)17(5,6)7/h9-10,18-19H,8,11H2,1-7H3. The monoisotopic (exact) mass is 263 g/mol. The van der Waals surface area contributed by atoms with Crippen molar-refractivity contribution in [2.75, 3.05) is 6.54 Å². The van der Waals surface area contributed by atoms with Crippen LogP contribution in [0.5, 0.6) is 5.75 Å². The topological polar surface area (TPSA) is 32.3 Å². The van der Waals surface area contributed by atoms with E-state index in [1.807, 2.05) is 0 Å². The van der Waals surface area contributed by atoms with Gasteiger partial charge in [-0.25, -0.2) is 0 Å². The average molecular weight is 263 g/mol. The number of hydrogen-bond acceptors (Lipinski definition) is 2. The van der Waals surface area contributed by atoms with Gasteiger partial charge in [0.25, 0.3) is 0 Å². The van der Waals surface area contributed by atoms with Gasteiger partial charge in [-0.2, -0.15) is 0 Å². The second-order valence-electron chi connectivity index (χ2n) is 7.28. The Morgan fingerprint density at radius 2 is 1.58 bits per heavy atom. The molecule has 1 aromatic carbocycles. The molecule has 0 unspecified atom stereocenters. The quantitative estimate of drug-likeness (QED) is 0.860. The summed E-state index contributed by atoms with van der Waals surface area (Å²) in [7, 11) is 0. The molecule has 0 spiro atoms. The van der Waals surface area contributed by atoms with Gasteiger partial charge in [0.15, 0.2) is 0 Å². The minimum absolute atomic E-state index is 0.0409. The average Bonchev–Trinajstić information content (AvgIpc) is 2.22. The van der Waals surface area contributed by atoms with E-state index in [1.54, 1.807) is 0 Å². The van der Waals surface area contributed by atoms with E-state index >= 15 is 0 Å². The van der Waals surface area contributed by atoms with E-state index in [1.165, 1.54) is 5.56 Å². The lowest BCUT2D eigenvalue weighted by Gasteiger charge is -2.29. The first-order chi connectivity index (χ1) is 8.59. The Labute approximate surface area is 118 Å². The second-order valence-corrected chi connectivity index (χ2v) is 7.28. The zero-order valence-electron chi connectivity index (χ0n) is 13.5.